The molecule has 9 nitrogen and oxygen atoms in total. The molecule has 0 fully saturated rings. The molecule has 0 radical (unpaired) electrons. The summed E-state index contributed by atoms with van der Waals surface area (Å²) >= 11 is 0. The van der Waals surface area contributed by atoms with E-state index in [1.165, 1.54) is 321 Å². The number of hydrogen-bond donors (Lipinski definition) is 0. The van der Waals surface area contributed by atoms with E-state index in [2.05, 4.69) is 74.6 Å². The van der Waals surface area contributed by atoms with E-state index in [-0.39, 0.29) is 32.2 Å². The van der Waals surface area contributed by atoms with Gasteiger partial charge in [-0.3, -0.25) is 9.59 Å². The van der Waals surface area contributed by atoms with Crippen LogP contribution in [0.2, 0.25) is 0 Å². The number of likely N-dealkylation sites (N-methyl/N-ethyl adjacent to an activating group) is 1. The van der Waals surface area contributed by atoms with Crippen molar-refractivity contribution in [3.63, 3.8) is 0 Å². The number of ether oxygens (including phenoxy) is 4. The molecule has 0 aromatic carbocycles. The van der Waals surface area contributed by atoms with Crippen LogP contribution in [-0.4, -0.2) is 82.3 Å². The smallest absolute Gasteiger partial charge is 0.306 e. The number of carbonyl (C=O) groups excluding carboxylic acids is 3. The monoisotopic (exact) mass is 1330 g/mol. The lowest BCUT2D eigenvalue weighted by Crippen LogP contribution is -2.44. The van der Waals surface area contributed by atoms with Crippen LogP contribution in [0.4, 0.5) is 0 Å². The second-order valence-electron chi connectivity index (χ2n) is 29.4. The van der Waals surface area contributed by atoms with Crippen LogP contribution in [0.3, 0.4) is 0 Å². The third-order valence-corrected chi connectivity index (χ3v) is 18.7. The molecule has 556 valence electrons. The third-order valence-electron chi connectivity index (χ3n) is 18.7. The molecule has 0 aliphatic rings. The standard InChI is InChI=1S/C86H159NO8/c1-6-8-10-12-14-16-18-20-22-24-26-28-30-32-34-36-38-39-40-41-42-43-44-45-47-48-50-52-54-56-58-60-62-64-66-68-70-72-74-76-83(88)93-80-82(81-94-86(85(90)91)92-79-78-87(3,4)5)95-84(89)77-75-73-71-69-67-65-63-61-59-57-55-53-51-49-46-37-35-33-31-29-27-25-23-21-19-17-15-13-11-9-7-2/h9,11,15,17,21,23-24,26-27,29,82,86H,6-8,10,12-14,16,18-20,22,25,28,30-81H2,1-5H3/b11-9-,17-15-,23-21-,26-24-,29-27-. The second-order valence-corrected chi connectivity index (χ2v) is 29.4. The first-order chi connectivity index (χ1) is 46.6. The molecule has 0 saturated heterocycles. The molecule has 95 heavy (non-hydrogen) atoms. The van der Waals surface area contributed by atoms with Gasteiger partial charge in [-0.25, -0.2) is 0 Å². The van der Waals surface area contributed by atoms with Crippen molar-refractivity contribution in [1.82, 2.24) is 0 Å². The molecule has 0 aliphatic heterocycles. The van der Waals surface area contributed by atoms with Gasteiger partial charge in [-0.1, -0.05) is 383 Å². The molecule has 0 aromatic heterocycles. The Balaban J connectivity index is 3.94. The van der Waals surface area contributed by atoms with Gasteiger partial charge in [0.1, 0.15) is 13.2 Å². The van der Waals surface area contributed by atoms with Crippen molar-refractivity contribution in [1.29, 1.82) is 0 Å². The quantitative estimate of drug-likeness (QED) is 0.0195. The van der Waals surface area contributed by atoms with E-state index in [1.807, 2.05) is 21.1 Å². The Kier molecular flexibility index (Phi) is 74.3. The normalized spacial score (nSPS) is 12.9. The first-order valence-corrected chi connectivity index (χ1v) is 41.4. The van der Waals surface area contributed by atoms with Gasteiger partial charge in [-0.05, 0) is 77.0 Å². The van der Waals surface area contributed by atoms with Crippen molar-refractivity contribution in [3.8, 4) is 0 Å². The Labute approximate surface area is 590 Å². The van der Waals surface area contributed by atoms with E-state index in [4.69, 9.17) is 18.9 Å². The maximum absolute atomic E-state index is 13.0. The lowest BCUT2D eigenvalue weighted by atomic mass is 10.0. The maximum Gasteiger partial charge on any atom is 0.306 e. The van der Waals surface area contributed by atoms with Gasteiger partial charge < -0.3 is 33.3 Å². The van der Waals surface area contributed by atoms with Crippen LogP contribution < -0.4 is 5.11 Å². The van der Waals surface area contributed by atoms with Crippen molar-refractivity contribution < 1.29 is 42.9 Å². The number of carboxylic acid groups (broad SMARTS) is 1. The average Bonchev–Trinajstić information content (AvgIpc) is 3.24. The second kappa shape index (κ2) is 76.7. The number of esters is 2. The van der Waals surface area contributed by atoms with Crippen molar-refractivity contribution in [2.75, 3.05) is 47.5 Å². The SMILES string of the molecule is CC/C=C\C/C=C\C/C=C\C/C=C\CCCCCCCCCCCCCCCCCCCCC(=O)OC(COC(=O)CCCCCCCCCCCCCCCCCCCCCCCCCCCCC/C=C\CCCCCCCCCC)COC(OCC[N+](C)(C)C)C(=O)[O-]. The molecule has 0 rings (SSSR count). The zero-order chi connectivity index (χ0) is 69.0. The zero-order valence-electron chi connectivity index (χ0n) is 63.8. The maximum atomic E-state index is 13.0. The van der Waals surface area contributed by atoms with Gasteiger partial charge in [-0.2, -0.15) is 0 Å². The first kappa shape index (κ1) is 92.0. The molecular formula is C86H159NO8. The van der Waals surface area contributed by atoms with Gasteiger partial charge in [0.15, 0.2) is 12.4 Å². The predicted octanol–water partition coefficient (Wildman–Crippen LogP) is 25.3. The molecule has 0 heterocycles. The van der Waals surface area contributed by atoms with E-state index in [0.717, 1.165) is 57.8 Å². The Morgan fingerprint density at radius 1 is 0.326 bits per heavy atom. The number of aliphatic carboxylic acids is 1. The molecule has 2 unspecified atom stereocenters. The van der Waals surface area contributed by atoms with Crippen LogP contribution in [0, 0.1) is 0 Å². The van der Waals surface area contributed by atoms with Gasteiger partial charge in [0.05, 0.1) is 40.3 Å². The van der Waals surface area contributed by atoms with Gasteiger partial charge in [0, 0.05) is 12.8 Å². The fourth-order valence-corrected chi connectivity index (χ4v) is 12.5. The molecular weight excluding hydrogens is 1170 g/mol. The van der Waals surface area contributed by atoms with Crippen LogP contribution >= 0.6 is 0 Å². The van der Waals surface area contributed by atoms with Crippen LogP contribution in [-0.2, 0) is 33.3 Å². The van der Waals surface area contributed by atoms with E-state index in [1.54, 1.807) is 0 Å². The largest absolute Gasteiger partial charge is 0.545 e. The highest BCUT2D eigenvalue weighted by atomic mass is 16.7. The fourth-order valence-electron chi connectivity index (χ4n) is 12.5. The lowest BCUT2D eigenvalue weighted by molar-refractivity contribution is -0.870. The molecule has 9 heteroatoms. The molecule has 0 amide bonds. The van der Waals surface area contributed by atoms with Gasteiger partial charge in [-0.15, -0.1) is 0 Å². The highest BCUT2D eigenvalue weighted by Gasteiger charge is 2.22. The minimum atomic E-state index is -1.62. The first-order valence-electron chi connectivity index (χ1n) is 41.4. The number of allylic oxidation sites excluding steroid dienone is 10. The summed E-state index contributed by atoms with van der Waals surface area (Å²) in [6, 6.07) is 0. The topological polar surface area (TPSA) is 111 Å². The summed E-state index contributed by atoms with van der Waals surface area (Å²) < 4.78 is 22.9. The summed E-state index contributed by atoms with van der Waals surface area (Å²) in [4.78, 5) is 37.6. The summed E-state index contributed by atoms with van der Waals surface area (Å²) in [5, 5.41) is 11.9. The minimum absolute atomic E-state index is 0.150. The lowest BCUT2D eigenvalue weighted by Gasteiger charge is -2.26. The summed E-state index contributed by atoms with van der Waals surface area (Å²) in [6.07, 6.45) is 99.4. The van der Waals surface area contributed by atoms with Gasteiger partial charge in [0.2, 0.25) is 0 Å². The van der Waals surface area contributed by atoms with E-state index < -0.39 is 24.3 Å². The number of unbranched alkanes of at least 4 members (excludes halogenated alkanes) is 53. The number of rotatable bonds is 78. The van der Waals surface area contributed by atoms with Crippen molar-refractivity contribution >= 4 is 17.9 Å². The molecule has 0 N–H and O–H groups in total. The summed E-state index contributed by atoms with van der Waals surface area (Å²) in [6.45, 7) is 4.71. The van der Waals surface area contributed by atoms with Gasteiger partial charge >= 0.3 is 11.9 Å². The Morgan fingerprint density at radius 2 is 0.600 bits per heavy atom. The third kappa shape index (κ3) is 78.2. The fraction of sp³-hybridized carbons (Fsp3) is 0.849. The number of carboxylic acids is 1. The summed E-state index contributed by atoms with van der Waals surface area (Å²) in [5.41, 5.74) is 0. The highest BCUT2D eigenvalue weighted by Crippen LogP contribution is 2.20. The number of hydrogen-bond acceptors (Lipinski definition) is 8. The Hall–Kier alpha value is -3.01. The predicted molar refractivity (Wildman–Crippen MR) is 408 cm³/mol. The van der Waals surface area contributed by atoms with Crippen LogP contribution in [0.1, 0.15) is 412 Å². The number of nitrogens with zero attached hydrogens (tertiary/aromatic N) is 1. The van der Waals surface area contributed by atoms with Crippen LogP contribution in [0.15, 0.2) is 60.8 Å². The van der Waals surface area contributed by atoms with Gasteiger partial charge in [0.25, 0.3) is 0 Å². The molecule has 0 saturated carbocycles. The molecule has 2 atom stereocenters. The zero-order valence-corrected chi connectivity index (χ0v) is 63.8. The molecule has 0 aromatic rings. The highest BCUT2D eigenvalue weighted by molar-refractivity contribution is 5.70. The van der Waals surface area contributed by atoms with Crippen LogP contribution in [0.5, 0.6) is 0 Å². The summed E-state index contributed by atoms with van der Waals surface area (Å²) in [7, 11) is 5.95. The van der Waals surface area contributed by atoms with E-state index in [0.29, 0.717) is 23.9 Å². The average molecular weight is 1340 g/mol. The van der Waals surface area contributed by atoms with E-state index >= 15 is 0 Å². The van der Waals surface area contributed by atoms with Crippen LogP contribution in [0.25, 0.3) is 0 Å². The molecule has 0 aliphatic carbocycles. The van der Waals surface area contributed by atoms with E-state index in [9.17, 15) is 19.5 Å². The minimum Gasteiger partial charge on any atom is -0.545 e. The summed E-state index contributed by atoms with van der Waals surface area (Å²) in [5.74, 6) is -2.25. The number of quaternary nitrogens is 1. The molecule has 0 spiro atoms. The Bertz CT molecular complexity index is 1750. The number of carbonyl (C=O) groups is 3. The molecule has 0 bridgehead atoms. The van der Waals surface area contributed by atoms with Crippen molar-refractivity contribution in [2.45, 2.75) is 424 Å². The van der Waals surface area contributed by atoms with Crippen molar-refractivity contribution in [3.05, 3.63) is 60.8 Å². The Morgan fingerprint density at radius 3 is 0.905 bits per heavy atom. The van der Waals surface area contributed by atoms with Crippen molar-refractivity contribution in [2.24, 2.45) is 0 Å².